The van der Waals surface area contributed by atoms with Crippen LogP contribution in [0.1, 0.15) is 26.7 Å². The molecular formula is C10H20N2O3S. The van der Waals surface area contributed by atoms with Gasteiger partial charge in [-0.3, -0.25) is 4.79 Å². The Bertz CT molecular complexity index is 353. The molecular weight excluding hydrogens is 228 g/mol. The van der Waals surface area contributed by atoms with Crippen LogP contribution in [0.15, 0.2) is 0 Å². The highest BCUT2D eigenvalue weighted by atomic mass is 32.2. The van der Waals surface area contributed by atoms with Crippen LogP contribution in [0, 0.1) is 0 Å². The second-order valence-corrected chi connectivity index (χ2v) is 6.26. The van der Waals surface area contributed by atoms with Crippen molar-refractivity contribution in [1.29, 1.82) is 0 Å². The average Bonchev–Trinajstić information content (AvgIpc) is 2.23. The lowest BCUT2D eigenvalue weighted by molar-refractivity contribution is -0.136. The lowest BCUT2D eigenvalue weighted by Crippen LogP contribution is -2.56. The first-order valence-electron chi connectivity index (χ1n) is 5.64. The molecule has 0 aromatic carbocycles. The van der Waals surface area contributed by atoms with Crippen LogP contribution in [-0.2, 0) is 14.8 Å². The lowest BCUT2D eigenvalue weighted by Gasteiger charge is -2.36. The van der Waals surface area contributed by atoms with E-state index in [1.165, 1.54) is 4.31 Å². The minimum Gasteiger partial charge on any atom is -0.343 e. The molecule has 0 saturated carbocycles. The highest BCUT2D eigenvalue weighted by molar-refractivity contribution is 7.89. The lowest BCUT2D eigenvalue weighted by atomic mass is 10.2. The molecule has 0 aliphatic carbocycles. The fourth-order valence-electron chi connectivity index (χ4n) is 1.82. The summed E-state index contributed by atoms with van der Waals surface area (Å²) in [5.41, 5.74) is 0. The van der Waals surface area contributed by atoms with Gasteiger partial charge in [0.25, 0.3) is 0 Å². The molecule has 0 aromatic rings. The maximum absolute atomic E-state index is 12.0. The van der Waals surface area contributed by atoms with Crippen LogP contribution in [0.5, 0.6) is 0 Å². The summed E-state index contributed by atoms with van der Waals surface area (Å²) in [6, 6.07) is -0.555. The summed E-state index contributed by atoms with van der Waals surface area (Å²) >= 11 is 0. The first-order valence-corrected chi connectivity index (χ1v) is 7.25. The molecule has 94 valence electrons. The highest BCUT2D eigenvalue weighted by Gasteiger charge is 2.36. The van der Waals surface area contributed by atoms with E-state index < -0.39 is 16.1 Å². The van der Waals surface area contributed by atoms with Crippen molar-refractivity contribution in [2.24, 2.45) is 0 Å². The number of carbonyl (C=O) groups is 1. The second kappa shape index (κ2) is 5.14. The Kier molecular flexibility index (Phi) is 4.32. The molecule has 0 spiro atoms. The van der Waals surface area contributed by atoms with E-state index in [1.807, 2.05) is 6.92 Å². The molecule has 0 N–H and O–H groups in total. The fourth-order valence-corrected chi connectivity index (χ4v) is 3.64. The zero-order valence-electron chi connectivity index (χ0n) is 10.1. The van der Waals surface area contributed by atoms with E-state index in [9.17, 15) is 13.2 Å². The largest absolute Gasteiger partial charge is 0.343 e. The summed E-state index contributed by atoms with van der Waals surface area (Å²) in [5.74, 6) is 0.0245. The number of hydrogen-bond acceptors (Lipinski definition) is 3. The number of piperazine rings is 1. The summed E-state index contributed by atoms with van der Waals surface area (Å²) in [6.45, 7) is 4.50. The number of hydrogen-bond donors (Lipinski definition) is 0. The van der Waals surface area contributed by atoms with E-state index in [0.717, 1.165) is 6.42 Å². The normalized spacial score (nSPS) is 23.8. The van der Waals surface area contributed by atoms with Gasteiger partial charge in [-0.2, -0.15) is 4.31 Å². The van der Waals surface area contributed by atoms with Gasteiger partial charge in [-0.25, -0.2) is 8.42 Å². The van der Waals surface area contributed by atoms with Crippen LogP contribution >= 0.6 is 0 Å². The van der Waals surface area contributed by atoms with Crippen LogP contribution in [0.4, 0.5) is 0 Å². The molecule has 1 saturated heterocycles. The van der Waals surface area contributed by atoms with E-state index >= 15 is 0 Å². The SMILES string of the molecule is CCCCS(=O)(=O)N1CCN(C)C(=O)C1C. The van der Waals surface area contributed by atoms with Gasteiger partial charge in [-0.15, -0.1) is 0 Å². The van der Waals surface area contributed by atoms with Crippen molar-refractivity contribution < 1.29 is 13.2 Å². The molecule has 16 heavy (non-hydrogen) atoms. The number of unbranched alkanes of at least 4 members (excludes halogenated alkanes) is 1. The topological polar surface area (TPSA) is 57.7 Å². The third-order valence-electron chi connectivity index (χ3n) is 2.93. The number of sulfonamides is 1. The van der Waals surface area contributed by atoms with Crippen LogP contribution in [0.25, 0.3) is 0 Å². The van der Waals surface area contributed by atoms with Gasteiger partial charge in [-0.1, -0.05) is 13.3 Å². The quantitative estimate of drug-likeness (QED) is 0.718. The predicted octanol–water partition coefficient (Wildman–Crippen LogP) is 0.279. The van der Waals surface area contributed by atoms with Crippen molar-refractivity contribution in [2.45, 2.75) is 32.7 Å². The Morgan fingerprint density at radius 3 is 2.56 bits per heavy atom. The molecule has 5 nitrogen and oxygen atoms in total. The minimum atomic E-state index is -3.27. The smallest absolute Gasteiger partial charge is 0.240 e. The number of carbonyl (C=O) groups excluding carboxylic acids is 1. The summed E-state index contributed by atoms with van der Waals surface area (Å²) in [7, 11) is -1.56. The number of nitrogens with zero attached hydrogens (tertiary/aromatic N) is 2. The predicted molar refractivity (Wildman–Crippen MR) is 62.5 cm³/mol. The zero-order chi connectivity index (χ0) is 12.3. The molecule has 6 heteroatoms. The maximum Gasteiger partial charge on any atom is 0.240 e. The summed E-state index contributed by atoms with van der Waals surface area (Å²) < 4.78 is 25.3. The summed E-state index contributed by atoms with van der Waals surface area (Å²) in [5, 5.41) is 0. The molecule has 1 unspecified atom stereocenters. The van der Waals surface area contributed by atoms with Crippen molar-refractivity contribution in [3.8, 4) is 0 Å². The highest BCUT2D eigenvalue weighted by Crippen LogP contribution is 2.15. The van der Waals surface area contributed by atoms with E-state index in [0.29, 0.717) is 19.5 Å². The Morgan fingerprint density at radius 1 is 1.38 bits per heavy atom. The molecule has 1 aliphatic rings. The van der Waals surface area contributed by atoms with Gasteiger partial charge in [-0.05, 0) is 13.3 Å². The third-order valence-corrected chi connectivity index (χ3v) is 4.95. The summed E-state index contributed by atoms with van der Waals surface area (Å²) in [4.78, 5) is 13.3. The Morgan fingerprint density at radius 2 is 2.00 bits per heavy atom. The fraction of sp³-hybridized carbons (Fsp3) is 0.900. The van der Waals surface area contributed by atoms with E-state index in [-0.39, 0.29) is 11.7 Å². The molecule has 0 bridgehead atoms. The maximum atomic E-state index is 12.0. The van der Waals surface area contributed by atoms with Crippen LogP contribution in [0.3, 0.4) is 0 Å². The molecule has 1 heterocycles. The molecule has 1 fully saturated rings. The Labute approximate surface area is 97.5 Å². The number of rotatable bonds is 4. The number of likely N-dealkylation sites (N-methyl/N-ethyl adjacent to an activating group) is 1. The van der Waals surface area contributed by atoms with Gasteiger partial charge in [0.1, 0.15) is 6.04 Å². The Balaban J connectivity index is 2.77. The van der Waals surface area contributed by atoms with Crippen molar-refractivity contribution in [1.82, 2.24) is 9.21 Å². The average molecular weight is 248 g/mol. The third kappa shape index (κ3) is 2.74. The van der Waals surface area contributed by atoms with Gasteiger partial charge >= 0.3 is 0 Å². The monoisotopic (exact) mass is 248 g/mol. The molecule has 1 amide bonds. The second-order valence-electron chi connectivity index (χ2n) is 4.22. The molecule has 0 aromatic heterocycles. The minimum absolute atomic E-state index is 0.119. The van der Waals surface area contributed by atoms with Gasteiger partial charge in [0, 0.05) is 20.1 Å². The van der Waals surface area contributed by atoms with E-state index in [2.05, 4.69) is 0 Å². The first-order chi connectivity index (χ1) is 7.40. The van der Waals surface area contributed by atoms with Crippen molar-refractivity contribution in [3.63, 3.8) is 0 Å². The van der Waals surface area contributed by atoms with Crippen LogP contribution < -0.4 is 0 Å². The molecule has 1 atom stereocenters. The first kappa shape index (κ1) is 13.4. The summed E-state index contributed by atoms with van der Waals surface area (Å²) in [6.07, 6.45) is 1.49. The van der Waals surface area contributed by atoms with Gasteiger partial charge in [0.05, 0.1) is 5.75 Å². The molecule has 0 radical (unpaired) electrons. The molecule has 1 rings (SSSR count). The van der Waals surface area contributed by atoms with Crippen molar-refractivity contribution >= 4 is 15.9 Å². The number of amides is 1. The Hall–Kier alpha value is -0.620. The van der Waals surface area contributed by atoms with E-state index in [1.54, 1.807) is 18.9 Å². The van der Waals surface area contributed by atoms with Crippen LogP contribution in [0.2, 0.25) is 0 Å². The van der Waals surface area contributed by atoms with Gasteiger partial charge < -0.3 is 4.90 Å². The van der Waals surface area contributed by atoms with Gasteiger partial charge in [0.15, 0.2) is 0 Å². The standard InChI is InChI=1S/C10H20N2O3S/c1-4-5-8-16(14,15)12-7-6-11(3)10(13)9(12)2/h9H,4-8H2,1-3H3. The molecule has 1 aliphatic heterocycles. The van der Waals surface area contributed by atoms with Crippen molar-refractivity contribution in [3.05, 3.63) is 0 Å². The zero-order valence-corrected chi connectivity index (χ0v) is 11.0. The van der Waals surface area contributed by atoms with E-state index in [4.69, 9.17) is 0 Å². The van der Waals surface area contributed by atoms with Gasteiger partial charge in [0.2, 0.25) is 15.9 Å². The van der Waals surface area contributed by atoms with Crippen LogP contribution in [-0.4, -0.2) is 55.5 Å². The van der Waals surface area contributed by atoms with Crippen molar-refractivity contribution in [2.75, 3.05) is 25.9 Å².